The number of nitrogens with one attached hydrogen (secondary N) is 1. The summed E-state index contributed by atoms with van der Waals surface area (Å²) in [6.45, 7) is 4.33. The molecule has 2 aliphatic rings. The molecule has 0 radical (unpaired) electrons. The van der Waals surface area contributed by atoms with Crippen LogP contribution in [0.5, 0.6) is 0 Å². The Morgan fingerprint density at radius 1 is 1.27 bits per heavy atom. The number of amides is 2. The molecule has 2 amide bonds. The number of β-lactam (4-membered cyclic amide) rings is 1. The number of esters is 1. The SMILES string of the molecule is CC(=O)NC=CSC1=C(C(=O)O)N2C(=O)[C@@H]([C@](C)(OC(C)=O)c3ccccc3)[C@H]2C1. The van der Waals surface area contributed by atoms with Crippen LogP contribution in [0.3, 0.4) is 0 Å². The van der Waals surface area contributed by atoms with Crippen molar-refractivity contribution in [2.24, 2.45) is 5.92 Å². The molecule has 0 aliphatic carbocycles. The second-order valence-corrected chi connectivity index (χ2v) is 8.22. The molecular formula is C21H22N2O6S. The molecule has 2 aliphatic heterocycles. The number of benzene rings is 1. The van der Waals surface area contributed by atoms with Gasteiger partial charge in [0.15, 0.2) is 0 Å². The zero-order chi connectivity index (χ0) is 22.1. The van der Waals surface area contributed by atoms with Gasteiger partial charge in [0.05, 0.1) is 6.04 Å². The Bertz CT molecular complexity index is 958. The molecule has 0 spiro atoms. The Morgan fingerprint density at radius 2 is 1.93 bits per heavy atom. The molecule has 0 aromatic heterocycles. The number of fused-ring (bicyclic) bond motifs is 1. The summed E-state index contributed by atoms with van der Waals surface area (Å²) in [5.74, 6) is -3.08. The lowest BCUT2D eigenvalue weighted by Gasteiger charge is -2.50. The average Bonchev–Trinajstić information content (AvgIpc) is 2.99. The normalized spacial score (nSPS) is 22.4. The predicted molar refractivity (Wildman–Crippen MR) is 110 cm³/mol. The van der Waals surface area contributed by atoms with Gasteiger partial charge < -0.3 is 20.1 Å². The maximum Gasteiger partial charge on any atom is 0.353 e. The summed E-state index contributed by atoms with van der Waals surface area (Å²) >= 11 is 1.14. The number of aliphatic carboxylic acids is 1. The van der Waals surface area contributed by atoms with Crippen LogP contribution in [0.4, 0.5) is 0 Å². The number of hydrogen-bond acceptors (Lipinski definition) is 6. The van der Waals surface area contributed by atoms with Gasteiger partial charge in [-0.2, -0.15) is 0 Å². The van der Waals surface area contributed by atoms with E-state index in [2.05, 4.69) is 5.32 Å². The number of carboxylic acids is 1. The van der Waals surface area contributed by atoms with E-state index in [0.717, 1.165) is 11.8 Å². The molecule has 0 bridgehead atoms. The first-order valence-corrected chi connectivity index (χ1v) is 10.2. The van der Waals surface area contributed by atoms with Crippen molar-refractivity contribution in [2.45, 2.75) is 38.8 Å². The maximum absolute atomic E-state index is 13.1. The van der Waals surface area contributed by atoms with Crippen LogP contribution in [0, 0.1) is 5.92 Å². The van der Waals surface area contributed by atoms with Crippen molar-refractivity contribution < 1.29 is 29.0 Å². The Morgan fingerprint density at radius 3 is 2.50 bits per heavy atom. The van der Waals surface area contributed by atoms with Crippen LogP contribution in [0.25, 0.3) is 0 Å². The van der Waals surface area contributed by atoms with E-state index in [1.165, 1.54) is 24.9 Å². The lowest BCUT2D eigenvalue weighted by molar-refractivity contribution is -0.187. The highest BCUT2D eigenvalue weighted by atomic mass is 32.2. The van der Waals surface area contributed by atoms with Crippen molar-refractivity contribution in [2.75, 3.05) is 0 Å². The lowest BCUT2D eigenvalue weighted by Crippen LogP contribution is -2.65. The number of ether oxygens (including phenoxy) is 1. The van der Waals surface area contributed by atoms with E-state index in [0.29, 0.717) is 16.9 Å². The van der Waals surface area contributed by atoms with E-state index in [9.17, 15) is 24.3 Å². The molecule has 158 valence electrons. The van der Waals surface area contributed by atoms with Gasteiger partial charge in [-0.05, 0) is 17.9 Å². The zero-order valence-corrected chi connectivity index (χ0v) is 17.6. The first-order chi connectivity index (χ1) is 14.2. The van der Waals surface area contributed by atoms with E-state index >= 15 is 0 Å². The minimum atomic E-state index is -1.22. The molecule has 1 aromatic carbocycles. The fourth-order valence-corrected chi connectivity index (χ4v) is 4.88. The molecule has 1 aromatic rings. The fourth-order valence-electron chi connectivity index (χ4n) is 4.02. The van der Waals surface area contributed by atoms with Gasteiger partial charge in [0.2, 0.25) is 11.8 Å². The van der Waals surface area contributed by atoms with Crippen molar-refractivity contribution in [3.8, 4) is 0 Å². The van der Waals surface area contributed by atoms with Gasteiger partial charge in [-0.1, -0.05) is 42.1 Å². The van der Waals surface area contributed by atoms with Gasteiger partial charge in [-0.3, -0.25) is 14.4 Å². The number of carbonyl (C=O) groups excluding carboxylic acids is 3. The lowest BCUT2D eigenvalue weighted by atomic mass is 9.71. The van der Waals surface area contributed by atoms with E-state index in [-0.39, 0.29) is 11.6 Å². The predicted octanol–water partition coefficient (Wildman–Crippen LogP) is 2.33. The summed E-state index contributed by atoms with van der Waals surface area (Å²) in [6, 6.07) is 8.53. The highest BCUT2D eigenvalue weighted by molar-refractivity contribution is 8.05. The van der Waals surface area contributed by atoms with Crippen LogP contribution in [0.2, 0.25) is 0 Å². The molecular weight excluding hydrogens is 408 g/mol. The second kappa shape index (κ2) is 8.35. The van der Waals surface area contributed by atoms with Crippen LogP contribution in [-0.2, 0) is 29.5 Å². The summed E-state index contributed by atoms with van der Waals surface area (Å²) < 4.78 is 5.64. The number of carbonyl (C=O) groups is 4. The van der Waals surface area contributed by atoms with Crippen LogP contribution < -0.4 is 5.32 Å². The number of rotatable bonds is 7. The summed E-state index contributed by atoms with van der Waals surface area (Å²) in [4.78, 5) is 49.5. The summed E-state index contributed by atoms with van der Waals surface area (Å²) in [7, 11) is 0. The molecule has 3 atom stereocenters. The third kappa shape index (κ3) is 3.85. The number of nitrogens with zero attached hydrogens (tertiary/aromatic N) is 1. The van der Waals surface area contributed by atoms with Crippen molar-refractivity contribution in [1.29, 1.82) is 0 Å². The molecule has 9 heteroatoms. The van der Waals surface area contributed by atoms with Crippen LogP contribution in [0.1, 0.15) is 32.8 Å². The van der Waals surface area contributed by atoms with Gasteiger partial charge in [0.1, 0.15) is 17.2 Å². The Balaban J connectivity index is 1.90. The first-order valence-electron chi connectivity index (χ1n) is 9.30. The third-order valence-corrected chi connectivity index (χ3v) is 6.10. The van der Waals surface area contributed by atoms with E-state index in [4.69, 9.17) is 4.74 Å². The van der Waals surface area contributed by atoms with Crippen molar-refractivity contribution in [3.05, 3.63) is 58.1 Å². The quantitative estimate of drug-likeness (QED) is 0.504. The Kier molecular flexibility index (Phi) is 6.02. The average molecular weight is 430 g/mol. The van der Waals surface area contributed by atoms with Crippen LogP contribution >= 0.6 is 11.8 Å². The van der Waals surface area contributed by atoms with E-state index < -0.39 is 35.4 Å². The van der Waals surface area contributed by atoms with Gasteiger partial charge in [-0.15, -0.1) is 0 Å². The monoisotopic (exact) mass is 430 g/mol. The van der Waals surface area contributed by atoms with Gasteiger partial charge in [0, 0.05) is 31.4 Å². The molecule has 8 nitrogen and oxygen atoms in total. The van der Waals surface area contributed by atoms with Crippen molar-refractivity contribution in [3.63, 3.8) is 0 Å². The van der Waals surface area contributed by atoms with Crippen LogP contribution in [-0.4, -0.2) is 39.8 Å². The molecule has 3 rings (SSSR count). The second-order valence-electron chi connectivity index (χ2n) is 7.22. The van der Waals surface area contributed by atoms with Gasteiger partial charge >= 0.3 is 11.9 Å². The molecule has 2 N–H and O–H groups in total. The fraction of sp³-hybridized carbons (Fsp3) is 0.333. The first kappa shape index (κ1) is 21.6. The summed E-state index contributed by atoms with van der Waals surface area (Å²) in [5, 5.41) is 13.7. The topological polar surface area (TPSA) is 113 Å². The summed E-state index contributed by atoms with van der Waals surface area (Å²) in [6.07, 6.45) is 1.73. The Hall–Kier alpha value is -3.07. The van der Waals surface area contributed by atoms with Gasteiger partial charge in [0.25, 0.3) is 0 Å². The highest BCUT2D eigenvalue weighted by Gasteiger charge is 2.63. The van der Waals surface area contributed by atoms with Crippen molar-refractivity contribution >= 4 is 35.5 Å². The van der Waals surface area contributed by atoms with Gasteiger partial charge in [-0.25, -0.2) is 4.79 Å². The highest BCUT2D eigenvalue weighted by Crippen LogP contribution is 2.53. The molecule has 1 saturated heterocycles. The number of hydrogen-bond donors (Lipinski definition) is 2. The zero-order valence-electron chi connectivity index (χ0n) is 16.7. The number of carboxylic acid groups (broad SMARTS) is 1. The minimum absolute atomic E-state index is 0.0723. The molecule has 30 heavy (non-hydrogen) atoms. The Labute approximate surface area is 178 Å². The van der Waals surface area contributed by atoms with Crippen LogP contribution in [0.15, 0.2) is 52.5 Å². The maximum atomic E-state index is 13.1. The molecule has 0 saturated carbocycles. The minimum Gasteiger partial charge on any atom is -0.477 e. The smallest absolute Gasteiger partial charge is 0.353 e. The molecule has 0 unspecified atom stereocenters. The van der Waals surface area contributed by atoms with Crippen molar-refractivity contribution in [1.82, 2.24) is 10.2 Å². The van der Waals surface area contributed by atoms with E-state index in [1.807, 2.05) is 6.07 Å². The number of thioether (sulfide) groups is 1. The van der Waals surface area contributed by atoms with E-state index in [1.54, 1.807) is 36.6 Å². The molecule has 2 heterocycles. The largest absolute Gasteiger partial charge is 0.477 e. The summed E-state index contributed by atoms with van der Waals surface area (Å²) in [5.41, 5.74) is -0.625. The standard InChI is InChI=1S/C21H22N2O6S/c1-12(24)22-9-10-30-16-11-15-17(19(26)23(15)18(16)20(27)28)21(3,29-13(2)25)14-7-5-4-6-8-14/h4-10,15,17H,11H2,1-3H3,(H,22,24)(H,27,28)/t15-,17+,21-/m1/s1. The molecule has 1 fully saturated rings. The third-order valence-electron chi connectivity index (χ3n) is 5.18.